The van der Waals surface area contributed by atoms with Crippen LogP contribution in [0.25, 0.3) is 0 Å². The molecule has 0 aliphatic heterocycles. The lowest BCUT2D eigenvalue weighted by molar-refractivity contribution is 0.0916. The zero-order valence-electron chi connectivity index (χ0n) is 28.1. The van der Waals surface area contributed by atoms with Gasteiger partial charge in [-0.2, -0.15) is 0 Å². The zero-order chi connectivity index (χ0) is 37.5. The minimum Gasteiger partial charge on any atom is -0.307 e. The van der Waals surface area contributed by atoms with E-state index in [4.69, 9.17) is 0 Å². The van der Waals surface area contributed by atoms with Gasteiger partial charge in [-0.15, -0.1) is 0 Å². The predicted molar refractivity (Wildman–Crippen MR) is 197 cm³/mol. The highest BCUT2D eigenvalue weighted by Gasteiger charge is 2.27. The number of amides is 4. The summed E-state index contributed by atoms with van der Waals surface area (Å²) in [6, 6.07) is 1.94. The molecule has 4 amide bonds. The van der Waals surface area contributed by atoms with E-state index in [2.05, 4.69) is 41.2 Å². The number of nitrogens with zero attached hydrogens (tertiary/aromatic N) is 4. The maximum absolute atomic E-state index is 12.6. The van der Waals surface area contributed by atoms with Crippen LogP contribution in [0.1, 0.15) is 72.1 Å². The third-order valence-corrected chi connectivity index (χ3v) is 13.7. The Morgan fingerprint density at radius 1 is 0.596 bits per heavy atom. The van der Waals surface area contributed by atoms with Crippen LogP contribution in [0, 0.1) is 11.8 Å². The van der Waals surface area contributed by atoms with Crippen LogP contribution < -0.4 is 21.3 Å². The summed E-state index contributed by atoms with van der Waals surface area (Å²) in [6.07, 6.45) is 18.0. The highest BCUT2D eigenvalue weighted by molar-refractivity contribution is 7.93. The van der Waals surface area contributed by atoms with Crippen LogP contribution in [-0.4, -0.2) is 72.9 Å². The summed E-state index contributed by atoms with van der Waals surface area (Å²) >= 11 is 1.72. The van der Waals surface area contributed by atoms with Crippen molar-refractivity contribution in [2.24, 2.45) is 11.8 Å². The van der Waals surface area contributed by atoms with E-state index in [0.717, 1.165) is 86.6 Å². The number of anilines is 4. The number of Topliss-reactive ketones (excluding diaryl/α,β-unsaturated/α-hetero) is 2. The van der Waals surface area contributed by atoms with Crippen LogP contribution in [0.2, 0.25) is 0 Å². The van der Waals surface area contributed by atoms with Crippen LogP contribution >= 0.6 is 22.7 Å². The Morgan fingerprint density at radius 2 is 1.04 bits per heavy atom. The van der Waals surface area contributed by atoms with E-state index in [-0.39, 0.29) is 42.1 Å². The minimum atomic E-state index is -3.37. The first-order valence-electron chi connectivity index (χ1n) is 16.1. The molecule has 6 rings (SSSR count). The van der Waals surface area contributed by atoms with Gasteiger partial charge in [0.25, 0.3) is 0 Å². The second-order valence-electron chi connectivity index (χ2n) is 12.2. The molecule has 4 N–H and O–H groups in total. The third-order valence-electron chi connectivity index (χ3n) is 8.26. The monoisotopic (exact) mass is 788 g/mol. The van der Waals surface area contributed by atoms with Crippen LogP contribution in [0.3, 0.4) is 0 Å². The average molecular weight is 789 g/mol. The zero-order valence-corrected chi connectivity index (χ0v) is 31.4. The number of rotatable bonds is 10. The van der Waals surface area contributed by atoms with Gasteiger partial charge in [-0.25, -0.2) is 36.4 Å². The summed E-state index contributed by atoms with van der Waals surface area (Å²) in [5.74, 6) is -0.0512. The van der Waals surface area contributed by atoms with E-state index in [9.17, 15) is 36.0 Å². The molecule has 0 saturated heterocycles. The van der Waals surface area contributed by atoms with Crippen molar-refractivity contribution in [1.29, 1.82) is 0 Å². The van der Waals surface area contributed by atoms with Crippen molar-refractivity contribution >= 4 is 87.6 Å². The molecule has 2 fully saturated rings. The molecule has 0 atom stereocenters. The van der Waals surface area contributed by atoms with E-state index >= 15 is 0 Å². The van der Waals surface area contributed by atoms with Gasteiger partial charge in [0, 0.05) is 48.5 Å². The quantitative estimate of drug-likeness (QED) is 0.137. The number of urea groups is 2. The molecule has 20 heteroatoms. The minimum absolute atomic E-state index is 0.00816. The molecule has 52 heavy (non-hydrogen) atoms. The fraction of sp³-hybridized carbons (Fsp3) is 0.375. The Balaban J connectivity index is 0.000000201. The van der Waals surface area contributed by atoms with Gasteiger partial charge in [-0.3, -0.25) is 30.2 Å². The van der Waals surface area contributed by atoms with Crippen LogP contribution in [0.5, 0.6) is 0 Å². The van der Waals surface area contributed by atoms with Gasteiger partial charge in [0.2, 0.25) is 0 Å². The van der Waals surface area contributed by atoms with Crippen molar-refractivity contribution in [2.45, 2.75) is 59.8 Å². The van der Waals surface area contributed by atoms with E-state index < -0.39 is 31.7 Å². The van der Waals surface area contributed by atoms with Gasteiger partial charge >= 0.3 is 12.1 Å². The molecule has 2 saturated carbocycles. The molecule has 4 aromatic heterocycles. The SMILES string of the molecule is CS(=O)(=O)c1cnc(NC(=O)Nc2ccncc2C(=O)C2CCCC2)s1.CS(=O)(=O)c1cnc(NC(=O)Nc2cnccc2C(=O)C2CCCC2)s1. The van der Waals surface area contributed by atoms with E-state index in [0.29, 0.717) is 22.5 Å². The topological polar surface area (TPSA) is 236 Å². The molecular weight excluding hydrogens is 753 g/mol. The molecule has 276 valence electrons. The first-order chi connectivity index (χ1) is 24.7. The highest BCUT2D eigenvalue weighted by atomic mass is 32.2. The molecule has 2 aliphatic carbocycles. The number of thiazole rings is 2. The van der Waals surface area contributed by atoms with Gasteiger partial charge < -0.3 is 10.6 Å². The average Bonchev–Trinajstić information content (AvgIpc) is 3.93. The first kappa shape index (κ1) is 38.6. The maximum atomic E-state index is 12.6. The van der Waals surface area contributed by atoms with Gasteiger partial charge in [0.15, 0.2) is 41.5 Å². The normalized spacial score (nSPS) is 15.0. The van der Waals surface area contributed by atoms with E-state index in [1.807, 2.05) is 0 Å². The first-order valence-corrected chi connectivity index (χ1v) is 21.5. The summed E-state index contributed by atoms with van der Waals surface area (Å²) in [4.78, 5) is 65.4. The molecular formula is C32H36N8O8S4. The van der Waals surface area contributed by atoms with Crippen LogP contribution in [0.4, 0.5) is 31.2 Å². The maximum Gasteiger partial charge on any atom is 0.325 e. The fourth-order valence-electron chi connectivity index (χ4n) is 5.70. The smallest absolute Gasteiger partial charge is 0.307 e. The standard InChI is InChI=1S/2C16H18N4O4S2/c1-26(23,24)13-9-18-16(25-13)20-15(22)19-12-6-7-17-8-11(12)14(21)10-4-2-3-5-10;1-26(23,24)13-9-18-16(25-13)20-15(22)19-12-8-17-7-6-11(12)14(21)10-4-2-3-5-10/h6-10H,2-5H2,1H3,(H2,17,18,19,20,22);6-10H,2-5H2,1H3,(H2,18,19,20,22). The second-order valence-corrected chi connectivity index (χ2v) is 18.8. The summed E-state index contributed by atoms with van der Waals surface area (Å²) in [6.45, 7) is 0. The van der Waals surface area contributed by atoms with Crippen LogP contribution in [-0.2, 0) is 19.7 Å². The Kier molecular flexibility index (Phi) is 12.4. The van der Waals surface area contributed by atoms with Crippen molar-refractivity contribution in [3.05, 3.63) is 60.4 Å². The highest BCUT2D eigenvalue weighted by Crippen LogP contribution is 2.32. The van der Waals surface area contributed by atoms with Gasteiger partial charge in [0.05, 0.1) is 35.5 Å². The Bertz CT molecular complexity index is 2020. The Morgan fingerprint density at radius 3 is 1.52 bits per heavy atom. The number of pyridine rings is 2. The summed E-state index contributed by atoms with van der Waals surface area (Å²) < 4.78 is 46.0. The molecule has 4 heterocycles. The number of nitrogens with one attached hydrogen (secondary N) is 4. The molecule has 0 spiro atoms. The number of hydrogen-bond donors (Lipinski definition) is 4. The van der Waals surface area contributed by atoms with Crippen molar-refractivity contribution in [3.63, 3.8) is 0 Å². The van der Waals surface area contributed by atoms with Crippen LogP contribution in [0.15, 0.2) is 57.7 Å². The molecule has 4 aromatic rings. The number of sulfone groups is 2. The third kappa shape index (κ3) is 10.2. The molecule has 0 unspecified atom stereocenters. The predicted octanol–water partition coefficient (Wildman–Crippen LogP) is 5.92. The van der Waals surface area contributed by atoms with Crippen molar-refractivity contribution in [2.75, 3.05) is 33.8 Å². The lowest BCUT2D eigenvalue weighted by Gasteiger charge is -2.13. The summed E-state index contributed by atoms with van der Waals surface area (Å²) in [5, 5.41) is 10.5. The number of hydrogen-bond acceptors (Lipinski definition) is 14. The Hall–Kier alpha value is -4.66. The number of carbonyl (C=O) groups is 4. The summed E-state index contributed by atoms with van der Waals surface area (Å²) in [7, 11) is -6.75. The lowest BCUT2D eigenvalue weighted by atomic mass is 9.96. The fourth-order valence-corrected chi connectivity index (χ4v) is 8.97. The molecule has 16 nitrogen and oxygen atoms in total. The van der Waals surface area contributed by atoms with E-state index in [1.54, 1.807) is 12.1 Å². The number of carbonyl (C=O) groups excluding carboxylic acids is 4. The van der Waals surface area contributed by atoms with E-state index in [1.165, 1.54) is 37.2 Å². The number of aromatic nitrogens is 4. The van der Waals surface area contributed by atoms with Gasteiger partial charge in [-0.05, 0) is 37.8 Å². The molecule has 0 bridgehead atoms. The summed E-state index contributed by atoms with van der Waals surface area (Å²) in [5.41, 5.74) is 1.50. The van der Waals surface area contributed by atoms with Crippen molar-refractivity contribution in [1.82, 2.24) is 19.9 Å². The van der Waals surface area contributed by atoms with Gasteiger partial charge in [-0.1, -0.05) is 48.4 Å². The largest absolute Gasteiger partial charge is 0.325 e. The molecule has 0 aromatic carbocycles. The molecule has 2 aliphatic rings. The Labute approximate surface area is 308 Å². The lowest BCUT2D eigenvalue weighted by Crippen LogP contribution is -2.22. The molecule has 0 radical (unpaired) electrons. The van der Waals surface area contributed by atoms with Crippen molar-refractivity contribution in [3.8, 4) is 0 Å². The van der Waals surface area contributed by atoms with Gasteiger partial charge in [0.1, 0.15) is 8.42 Å². The number of ketones is 2. The van der Waals surface area contributed by atoms with Crippen molar-refractivity contribution < 1.29 is 36.0 Å². The second kappa shape index (κ2) is 16.8.